The molecular formula is C11H15NO. The summed E-state index contributed by atoms with van der Waals surface area (Å²) in [6.07, 6.45) is 0. The number of hydrogen-bond donors (Lipinski definition) is 0. The highest BCUT2D eigenvalue weighted by atomic mass is 16.6. The Morgan fingerprint density at radius 2 is 1.77 bits per heavy atom. The van der Waals surface area contributed by atoms with Crippen molar-refractivity contribution in [1.29, 1.82) is 0 Å². The lowest BCUT2D eigenvalue weighted by molar-refractivity contribution is 0.329. The first-order valence-electron chi connectivity index (χ1n) is 4.54. The van der Waals surface area contributed by atoms with E-state index in [1.165, 1.54) is 11.3 Å². The van der Waals surface area contributed by atoms with Crippen LogP contribution in [-0.4, -0.2) is 20.7 Å². The second-order valence-corrected chi connectivity index (χ2v) is 3.96. The van der Waals surface area contributed by atoms with E-state index in [2.05, 4.69) is 36.1 Å². The van der Waals surface area contributed by atoms with Gasteiger partial charge in [0.2, 0.25) is 0 Å². The lowest BCUT2D eigenvalue weighted by atomic mass is 10.0. The minimum absolute atomic E-state index is 0.00480. The zero-order valence-electron chi connectivity index (χ0n) is 8.37. The highest BCUT2D eigenvalue weighted by Crippen LogP contribution is 2.38. The van der Waals surface area contributed by atoms with Crippen LogP contribution in [0.1, 0.15) is 12.5 Å². The minimum Gasteiger partial charge on any atom is -0.378 e. The van der Waals surface area contributed by atoms with Crippen molar-refractivity contribution in [3.8, 4) is 0 Å². The van der Waals surface area contributed by atoms with E-state index >= 15 is 0 Å². The van der Waals surface area contributed by atoms with E-state index in [9.17, 15) is 0 Å². The highest BCUT2D eigenvalue weighted by Gasteiger charge is 2.40. The first-order valence-corrected chi connectivity index (χ1v) is 4.54. The molecule has 0 radical (unpaired) electrons. The number of benzene rings is 1. The largest absolute Gasteiger partial charge is 0.378 e. The summed E-state index contributed by atoms with van der Waals surface area (Å²) in [5, 5.41) is 0. The van der Waals surface area contributed by atoms with E-state index < -0.39 is 0 Å². The Kier molecular flexibility index (Phi) is 1.81. The van der Waals surface area contributed by atoms with Gasteiger partial charge in [-0.2, -0.15) is 0 Å². The molecule has 0 aromatic heterocycles. The molecule has 0 saturated carbocycles. The zero-order valence-corrected chi connectivity index (χ0v) is 8.37. The summed E-state index contributed by atoms with van der Waals surface area (Å²) in [5.74, 6) is 0. The first kappa shape index (κ1) is 8.57. The van der Waals surface area contributed by atoms with Crippen LogP contribution in [0.2, 0.25) is 0 Å². The van der Waals surface area contributed by atoms with Gasteiger partial charge in [0.05, 0.1) is 6.61 Å². The Balaban J connectivity index is 2.24. The van der Waals surface area contributed by atoms with Gasteiger partial charge < -0.3 is 9.64 Å². The van der Waals surface area contributed by atoms with Gasteiger partial charge in [-0.1, -0.05) is 12.1 Å². The molecule has 1 heterocycles. The Morgan fingerprint density at radius 1 is 1.23 bits per heavy atom. The van der Waals surface area contributed by atoms with E-state index in [4.69, 9.17) is 4.74 Å². The van der Waals surface area contributed by atoms with Crippen molar-refractivity contribution in [2.75, 3.05) is 25.6 Å². The summed E-state index contributed by atoms with van der Waals surface area (Å²) < 4.78 is 5.37. The second-order valence-electron chi connectivity index (χ2n) is 3.96. The van der Waals surface area contributed by atoms with Crippen molar-refractivity contribution >= 4 is 5.69 Å². The molecule has 0 N–H and O–H groups in total. The highest BCUT2D eigenvalue weighted by molar-refractivity contribution is 5.47. The molecule has 1 atom stereocenters. The van der Waals surface area contributed by atoms with E-state index in [0.29, 0.717) is 0 Å². The van der Waals surface area contributed by atoms with Crippen LogP contribution >= 0.6 is 0 Å². The first-order chi connectivity index (χ1) is 6.12. The molecule has 0 spiro atoms. The molecule has 1 aromatic rings. The summed E-state index contributed by atoms with van der Waals surface area (Å²) in [7, 11) is 4.09. The molecule has 2 rings (SSSR count). The fourth-order valence-corrected chi connectivity index (χ4v) is 1.39. The third-order valence-electron chi connectivity index (χ3n) is 2.57. The molecule has 0 bridgehead atoms. The normalized spacial score (nSPS) is 25.8. The SMILES string of the molecule is CN(C)c1ccc(C2(C)CO2)cc1. The van der Waals surface area contributed by atoms with Crippen LogP contribution < -0.4 is 4.90 Å². The average Bonchev–Trinajstić information content (AvgIpc) is 2.85. The zero-order chi connectivity index (χ0) is 9.47. The van der Waals surface area contributed by atoms with Gasteiger partial charge in [-0.3, -0.25) is 0 Å². The summed E-state index contributed by atoms with van der Waals surface area (Å²) in [5.41, 5.74) is 2.51. The van der Waals surface area contributed by atoms with Crippen LogP contribution in [0, 0.1) is 0 Å². The smallest absolute Gasteiger partial charge is 0.114 e. The maximum absolute atomic E-state index is 5.37. The molecule has 1 saturated heterocycles. The number of ether oxygens (including phenoxy) is 1. The molecule has 1 aliphatic heterocycles. The van der Waals surface area contributed by atoms with E-state index in [1.54, 1.807) is 0 Å². The van der Waals surface area contributed by atoms with Gasteiger partial charge in [-0.05, 0) is 24.6 Å². The molecule has 1 aliphatic rings. The van der Waals surface area contributed by atoms with Gasteiger partial charge in [0.15, 0.2) is 0 Å². The third-order valence-corrected chi connectivity index (χ3v) is 2.57. The van der Waals surface area contributed by atoms with Gasteiger partial charge in [0, 0.05) is 19.8 Å². The average molecular weight is 177 g/mol. The fourth-order valence-electron chi connectivity index (χ4n) is 1.39. The van der Waals surface area contributed by atoms with Crippen LogP contribution in [0.3, 0.4) is 0 Å². The van der Waals surface area contributed by atoms with Crippen LogP contribution in [0.15, 0.2) is 24.3 Å². The van der Waals surface area contributed by atoms with Crippen LogP contribution in [0.25, 0.3) is 0 Å². The predicted molar refractivity (Wildman–Crippen MR) is 54.1 cm³/mol. The standard InChI is InChI=1S/C11H15NO/c1-11(8-13-11)9-4-6-10(7-5-9)12(2)3/h4-7H,8H2,1-3H3. The molecule has 1 aromatic carbocycles. The molecule has 2 nitrogen and oxygen atoms in total. The molecule has 13 heavy (non-hydrogen) atoms. The Hall–Kier alpha value is -1.02. The molecule has 0 aliphatic carbocycles. The quantitative estimate of drug-likeness (QED) is 0.642. The Bertz CT molecular complexity index is 298. The lowest BCUT2D eigenvalue weighted by Gasteiger charge is -2.13. The molecule has 1 fully saturated rings. The number of anilines is 1. The summed E-state index contributed by atoms with van der Waals surface area (Å²) in [6, 6.07) is 8.54. The molecule has 1 unspecified atom stereocenters. The maximum Gasteiger partial charge on any atom is 0.114 e. The van der Waals surface area contributed by atoms with E-state index in [0.717, 1.165) is 6.61 Å². The number of nitrogens with zero attached hydrogens (tertiary/aromatic N) is 1. The van der Waals surface area contributed by atoms with Gasteiger partial charge in [-0.15, -0.1) is 0 Å². The van der Waals surface area contributed by atoms with Crippen molar-refractivity contribution in [1.82, 2.24) is 0 Å². The van der Waals surface area contributed by atoms with Crippen LogP contribution in [0.5, 0.6) is 0 Å². The third kappa shape index (κ3) is 1.54. The van der Waals surface area contributed by atoms with Gasteiger partial charge in [0.1, 0.15) is 5.60 Å². The monoisotopic (exact) mass is 177 g/mol. The summed E-state index contributed by atoms with van der Waals surface area (Å²) in [4.78, 5) is 2.10. The Labute approximate surface area is 79.1 Å². The van der Waals surface area contributed by atoms with Crippen LogP contribution in [0.4, 0.5) is 5.69 Å². The van der Waals surface area contributed by atoms with E-state index in [1.807, 2.05) is 14.1 Å². The van der Waals surface area contributed by atoms with Gasteiger partial charge >= 0.3 is 0 Å². The summed E-state index contributed by atoms with van der Waals surface area (Å²) in [6.45, 7) is 2.98. The van der Waals surface area contributed by atoms with Crippen molar-refractivity contribution in [2.24, 2.45) is 0 Å². The van der Waals surface area contributed by atoms with Crippen molar-refractivity contribution < 1.29 is 4.74 Å². The van der Waals surface area contributed by atoms with Gasteiger partial charge in [0.25, 0.3) is 0 Å². The lowest BCUT2D eigenvalue weighted by Crippen LogP contribution is -2.09. The molecular weight excluding hydrogens is 162 g/mol. The minimum atomic E-state index is 0.00480. The number of epoxide rings is 1. The predicted octanol–water partition coefficient (Wildman–Crippen LogP) is 2.00. The molecule has 0 amide bonds. The number of rotatable bonds is 2. The Morgan fingerprint density at radius 3 is 2.15 bits per heavy atom. The summed E-state index contributed by atoms with van der Waals surface area (Å²) >= 11 is 0. The molecule has 70 valence electrons. The second kappa shape index (κ2) is 2.74. The maximum atomic E-state index is 5.37. The van der Waals surface area contributed by atoms with E-state index in [-0.39, 0.29) is 5.60 Å². The van der Waals surface area contributed by atoms with Crippen molar-refractivity contribution in [3.63, 3.8) is 0 Å². The van der Waals surface area contributed by atoms with Gasteiger partial charge in [-0.25, -0.2) is 0 Å². The van der Waals surface area contributed by atoms with Crippen molar-refractivity contribution in [3.05, 3.63) is 29.8 Å². The fraction of sp³-hybridized carbons (Fsp3) is 0.455. The van der Waals surface area contributed by atoms with Crippen molar-refractivity contribution in [2.45, 2.75) is 12.5 Å². The van der Waals surface area contributed by atoms with Crippen LogP contribution in [-0.2, 0) is 10.3 Å². The topological polar surface area (TPSA) is 15.8 Å². The number of hydrogen-bond acceptors (Lipinski definition) is 2. The molecule has 2 heteroatoms.